The minimum atomic E-state index is -5.08. The second kappa shape index (κ2) is 10.4. The van der Waals surface area contributed by atoms with Gasteiger partial charge in [-0.1, -0.05) is 0 Å². The molecule has 0 radical (unpaired) electrons. The molecule has 1 aromatic rings. The van der Waals surface area contributed by atoms with Gasteiger partial charge in [-0.05, 0) is 44.1 Å². The number of morpholine rings is 1. The number of amides is 1. The van der Waals surface area contributed by atoms with Crippen LogP contribution in [0.4, 0.5) is 13.2 Å². The molecule has 3 aliphatic rings. The number of hydrogen-bond acceptors (Lipinski definition) is 5. The molecule has 8 nitrogen and oxygen atoms in total. The third-order valence-corrected chi connectivity index (χ3v) is 5.68. The van der Waals surface area contributed by atoms with Gasteiger partial charge in [-0.3, -0.25) is 9.48 Å². The van der Waals surface area contributed by atoms with Gasteiger partial charge >= 0.3 is 12.1 Å². The number of nitrogens with zero attached hydrogens (tertiary/aromatic N) is 3. The van der Waals surface area contributed by atoms with Crippen LogP contribution < -0.4 is 0 Å². The standard InChI is InChI=1S/C18H27N3O3.C2HF3O2/c22-17(13-14-3-4-14)21-10-12-24-18-15(21)5-6-16(18)23-11-2-9-20-8-1-7-19-20;3-2(4,5)1(6)7/h1,7-8,14-16,18H,2-6,9-13H2;(H,6,7)/t15-,16+,18+;/m0./s1. The monoisotopic (exact) mass is 447 g/mol. The molecule has 3 fully saturated rings. The Morgan fingerprint density at radius 1 is 1.23 bits per heavy atom. The lowest BCUT2D eigenvalue weighted by Crippen LogP contribution is -2.54. The molecule has 2 aliphatic carbocycles. The average molecular weight is 447 g/mol. The van der Waals surface area contributed by atoms with Crippen LogP contribution in [0, 0.1) is 5.92 Å². The molecule has 2 heterocycles. The summed E-state index contributed by atoms with van der Waals surface area (Å²) in [4.78, 5) is 23.5. The van der Waals surface area contributed by atoms with E-state index >= 15 is 0 Å². The number of aromatic nitrogens is 2. The van der Waals surface area contributed by atoms with Crippen LogP contribution in [-0.2, 0) is 25.6 Å². The summed E-state index contributed by atoms with van der Waals surface area (Å²) in [6.07, 6.45) is 5.01. The van der Waals surface area contributed by atoms with Crippen LogP contribution in [0.2, 0.25) is 0 Å². The smallest absolute Gasteiger partial charge is 0.475 e. The largest absolute Gasteiger partial charge is 0.490 e. The molecule has 1 N–H and O–H groups in total. The topological polar surface area (TPSA) is 93.9 Å². The Kier molecular flexibility index (Phi) is 7.93. The number of carboxylic acids is 1. The molecule has 1 aromatic heterocycles. The quantitative estimate of drug-likeness (QED) is 0.646. The Bertz CT molecular complexity index is 724. The van der Waals surface area contributed by atoms with Crippen LogP contribution in [-0.4, -0.2) is 75.8 Å². The summed E-state index contributed by atoms with van der Waals surface area (Å²) in [6.45, 7) is 2.98. The van der Waals surface area contributed by atoms with Crippen molar-refractivity contribution in [2.75, 3.05) is 19.8 Å². The molecule has 4 rings (SSSR count). The van der Waals surface area contributed by atoms with Crippen molar-refractivity contribution in [2.24, 2.45) is 5.92 Å². The van der Waals surface area contributed by atoms with E-state index in [9.17, 15) is 18.0 Å². The van der Waals surface area contributed by atoms with Crippen molar-refractivity contribution in [3.05, 3.63) is 18.5 Å². The Morgan fingerprint density at radius 3 is 2.58 bits per heavy atom. The summed E-state index contributed by atoms with van der Waals surface area (Å²) >= 11 is 0. The zero-order valence-corrected chi connectivity index (χ0v) is 17.2. The van der Waals surface area contributed by atoms with Gasteiger partial charge in [0, 0.05) is 38.5 Å². The molecule has 3 atom stereocenters. The van der Waals surface area contributed by atoms with Crippen molar-refractivity contribution in [1.82, 2.24) is 14.7 Å². The molecule has 0 unspecified atom stereocenters. The van der Waals surface area contributed by atoms with Crippen LogP contribution in [0.1, 0.15) is 38.5 Å². The normalized spacial score (nSPS) is 25.5. The number of carboxylic acid groups (broad SMARTS) is 1. The van der Waals surface area contributed by atoms with E-state index in [4.69, 9.17) is 19.4 Å². The molecule has 1 amide bonds. The van der Waals surface area contributed by atoms with E-state index in [1.807, 2.05) is 16.9 Å². The highest BCUT2D eigenvalue weighted by Gasteiger charge is 2.45. The van der Waals surface area contributed by atoms with E-state index in [-0.39, 0.29) is 18.2 Å². The van der Waals surface area contributed by atoms with Gasteiger partial charge in [0.15, 0.2) is 0 Å². The van der Waals surface area contributed by atoms with Crippen LogP contribution in [0.5, 0.6) is 0 Å². The molecule has 0 spiro atoms. The number of fused-ring (bicyclic) bond motifs is 1. The Hall–Kier alpha value is -2.14. The summed E-state index contributed by atoms with van der Waals surface area (Å²) in [6, 6.07) is 2.16. The maximum Gasteiger partial charge on any atom is 0.490 e. The fourth-order valence-corrected chi connectivity index (χ4v) is 3.98. The maximum atomic E-state index is 12.5. The first-order chi connectivity index (χ1) is 14.8. The van der Waals surface area contributed by atoms with Gasteiger partial charge in [0.05, 0.1) is 18.8 Å². The van der Waals surface area contributed by atoms with Crippen molar-refractivity contribution >= 4 is 11.9 Å². The minimum absolute atomic E-state index is 0.0617. The molecule has 11 heteroatoms. The molecule has 0 bridgehead atoms. The van der Waals surface area contributed by atoms with E-state index in [0.717, 1.165) is 38.8 Å². The first-order valence-corrected chi connectivity index (χ1v) is 10.6. The van der Waals surface area contributed by atoms with Crippen molar-refractivity contribution in [3.8, 4) is 0 Å². The second-order valence-corrected chi connectivity index (χ2v) is 8.05. The number of aliphatic carboxylic acids is 1. The highest BCUT2D eigenvalue weighted by atomic mass is 19.4. The Balaban J connectivity index is 0.000000339. The molecular weight excluding hydrogens is 419 g/mol. The van der Waals surface area contributed by atoms with Crippen molar-refractivity contribution in [1.29, 1.82) is 0 Å². The highest BCUT2D eigenvalue weighted by Crippen LogP contribution is 2.36. The predicted octanol–water partition coefficient (Wildman–Crippen LogP) is 2.48. The van der Waals surface area contributed by atoms with Gasteiger partial charge in [-0.25, -0.2) is 4.79 Å². The number of aryl methyl sites for hydroxylation is 1. The summed E-state index contributed by atoms with van der Waals surface area (Å²) < 4.78 is 45.7. The van der Waals surface area contributed by atoms with E-state index < -0.39 is 12.1 Å². The molecule has 31 heavy (non-hydrogen) atoms. The van der Waals surface area contributed by atoms with E-state index in [1.165, 1.54) is 12.8 Å². The zero-order chi connectivity index (χ0) is 22.4. The number of rotatable bonds is 7. The second-order valence-electron chi connectivity index (χ2n) is 8.05. The van der Waals surface area contributed by atoms with Crippen LogP contribution in [0.15, 0.2) is 18.5 Å². The first-order valence-electron chi connectivity index (χ1n) is 10.6. The summed E-state index contributed by atoms with van der Waals surface area (Å²) in [7, 11) is 0. The highest BCUT2D eigenvalue weighted by molar-refractivity contribution is 5.77. The number of ether oxygens (including phenoxy) is 2. The number of carbonyl (C=O) groups excluding carboxylic acids is 1. The lowest BCUT2D eigenvalue weighted by atomic mass is 10.1. The van der Waals surface area contributed by atoms with Crippen LogP contribution in [0.3, 0.4) is 0 Å². The van der Waals surface area contributed by atoms with Crippen LogP contribution >= 0.6 is 0 Å². The fourth-order valence-electron chi connectivity index (χ4n) is 3.98. The molecule has 174 valence electrons. The summed E-state index contributed by atoms with van der Waals surface area (Å²) in [5.41, 5.74) is 0. The molecule has 2 saturated carbocycles. The van der Waals surface area contributed by atoms with Gasteiger partial charge in [0.1, 0.15) is 6.10 Å². The van der Waals surface area contributed by atoms with Crippen molar-refractivity contribution in [2.45, 2.75) is 69.5 Å². The first kappa shape index (κ1) is 23.5. The zero-order valence-electron chi connectivity index (χ0n) is 17.2. The predicted molar refractivity (Wildman–Crippen MR) is 102 cm³/mol. The molecule has 1 saturated heterocycles. The lowest BCUT2D eigenvalue weighted by molar-refractivity contribution is -0.192. The SMILES string of the molecule is O=C(CC1CC1)N1CCO[C@H]2[C@H](OCCCn3cccn3)CC[C@@H]21.O=C(O)C(F)(F)F. The van der Waals surface area contributed by atoms with Gasteiger partial charge in [0.25, 0.3) is 0 Å². The van der Waals surface area contributed by atoms with E-state index in [2.05, 4.69) is 10.00 Å². The minimum Gasteiger partial charge on any atom is -0.475 e. The Labute approximate surface area is 178 Å². The number of hydrogen-bond donors (Lipinski definition) is 1. The number of halogens is 3. The molecule has 0 aromatic carbocycles. The lowest BCUT2D eigenvalue weighted by Gasteiger charge is -2.39. The van der Waals surface area contributed by atoms with Gasteiger partial charge < -0.3 is 19.5 Å². The maximum absolute atomic E-state index is 12.5. The third-order valence-electron chi connectivity index (χ3n) is 5.68. The number of carbonyl (C=O) groups is 2. The van der Waals surface area contributed by atoms with Crippen molar-refractivity contribution in [3.63, 3.8) is 0 Å². The Morgan fingerprint density at radius 2 is 1.97 bits per heavy atom. The van der Waals surface area contributed by atoms with Gasteiger partial charge in [0.2, 0.25) is 5.91 Å². The third kappa shape index (κ3) is 6.93. The molecular formula is C20H28F3N3O5. The number of alkyl halides is 3. The summed E-state index contributed by atoms with van der Waals surface area (Å²) in [5, 5.41) is 11.3. The molecule has 1 aliphatic heterocycles. The van der Waals surface area contributed by atoms with Crippen molar-refractivity contribution < 1.29 is 37.3 Å². The van der Waals surface area contributed by atoms with Gasteiger partial charge in [-0.15, -0.1) is 0 Å². The van der Waals surface area contributed by atoms with E-state index in [1.54, 1.807) is 6.20 Å². The summed E-state index contributed by atoms with van der Waals surface area (Å²) in [5.74, 6) is -1.78. The average Bonchev–Trinajstić information content (AvgIpc) is 3.21. The fraction of sp³-hybridized carbons (Fsp3) is 0.750. The van der Waals surface area contributed by atoms with Gasteiger partial charge in [-0.2, -0.15) is 18.3 Å². The van der Waals surface area contributed by atoms with E-state index in [0.29, 0.717) is 25.0 Å². The van der Waals surface area contributed by atoms with Crippen LogP contribution in [0.25, 0.3) is 0 Å².